The number of benzene rings is 2. The molecule has 1 aliphatic heterocycles. The largest absolute Gasteiger partial charge is 0.349 e. The Balaban J connectivity index is 1.56. The van der Waals surface area contributed by atoms with E-state index in [4.69, 9.17) is 0 Å². The monoisotopic (exact) mass is 357 g/mol. The number of hydrogen-bond acceptors (Lipinski definition) is 4. The lowest BCUT2D eigenvalue weighted by atomic mass is 10.0. The topological polar surface area (TPSA) is 75.5 Å². The minimum absolute atomic E-state index is 0.0424. The third-order valence-corrected chi connectivity index (χ3v) is 4.57. The van der Waals surface area contributed by atoms with Crippen molar-refractivity contribution in [1.29, 1.82) is 0 Å². The van der Waals surface area contributed by atoms with E-state index in [1.165, 1.54) is 5.56 Å². The van der Waals surface area contributed by atoms with Crippen LogP contribution in [0.2, 0.25) is 0 Å². The molecule has 1 amide bonds. The van der Waals surface area contributed by atoms with Crippen LogP contribution in [-0.2, 0) is 6.54 Å². The van der Waals surface area contributed by atoms with E-state index >= 15 is 0 Å². The number of piperidine rings is 1. The third-order valence-electron chi connectivity index (χ3n) is 4.57. The SMILES string of the molecule is O=C(NC1CCN(Cc2ccccc2)CC1)c1ccc(F)cc1[N+](=O)[O-]. The van der Waals surface area contributed by atoms with Crippen molar-refractivity contribution in [2.45, 2.75) is 25.4 Å². The lowest BCUT2D eigenvalue weighted by molar-refractivity contribution is -0.385. The average Bonchev–Trinajstić information content (AvgIpc) is 2.64. The van der Waals surface area contributed by atoms with Crippen LogP contribution in [-0.4, -0.2) is 34.9 Å². The highest BCUT2D eigenvalue weighted by Crippen LogP contribution is 2.21. The second kappa shape index (κ2) is 8.05. The Labute approximate surface area is 150 Å². The maximum Gasteiger partial charge on any atom is 0.285 e. The van der Waals surface area contributed by atoms with Gasteiger partial charge in [-0.15, -0.1) is 0 Å². The summed E-state index contributed by atoms with van der Waals surface area (Å²) in [6.45, 7) is 2.54. The third kappa shape index (κ3) is 4.43. The summed E-state index contributed by atoms with van der Waals surface area (Å²) in [6, 6.07) is 13.1. The normalized spacial score (nSPS) is 15.6. The van der Waals surface area contributed by atoms with Gasteiger partial charge in [0.2, 0.25) is 0 Å². The highest BCUT2D eigenvalue weighted by molar-refractivity contribution is 5.98. The van der Waals surface area contributed by atoms with Gasteiger partial charge in [-0.2, -0.15) is 0 Å². The summed E-state index contributed by atoms with van der Waals surface area (Å²) >= 11 is 0. The number of rotatable bonds is 5. The molecule has 3 rings (SSSR count). The number of hydrogen-bond donors (Lipinski definition) is 1. The Kier molecular flexibility index (Phi) is 5.58. The molecule has 0 aliphatic carbocycles. The summed E-state index contributed by atoms with van der Waals surface area (Å²) in [4.78, 5) is 25.0. The first kappa shape index (κ1) is 18.0. The molecule has 26 heavy (non-hydrogen) atoms. The lowest BCUT2D eigenvalue weighted by Gasteiger charge is -2.32. The van der Waals surface area contributed by atoms with E-state index in [1.807, 2.05) is 18.2 Å². The summed E-state index contributed by atoms with van der Waals surface area (Å²) < 4.78 is 13.2. The number of nitrogens with one attached hydrogen (secondary N) is 1. The van der Waals surface area contributed by atoms with E-state index in [1.54, 1.807) is 0 Å². The Morgan fingerprint density at radius 2 is 1.88 bits per heavy atom. The number of nitrogens with zero attached hydrogens (tertiary/aromatic N) is 2. The molecule has 0 unspecified atom stereocenters. The van der Waals surface area contributed by atoms with Gasteiger partial charge >= 0.3 is 0 Å². The van der Waals surface area contributed by atoms with E-state index in [2.05, 4.69) is 22.3 Å². The van der Waals surface area contributed by atoms with E-state index in [9.17, 15) is 19.3 Å². The molecule has 2 aromatic carbocycles. The van der Waals surface area contributed by atoms with E-state index in [0.717, 1.165) is 50.7 Å². The highest BCUT2D eigenvalue weighted by atomic mass is 19.1. The van der Waals surface area contributed by atoms with Crippen LogP contribution in [0.4, 0.5) is 10.1 Å². The number of likely N-dealkylation sites (tertiary alicyclic amines) is 1. The quantitative estimate of drug-likeness (QED) is 0.659. The molecular weight excluding hydrogens is 337 g/mol. The van der Waals surface area contributed by atoms with Crippen LogP contribution >= 0.6 is 0 Å². The first-order valence-corrected chi connectivity index (χ1v) is 8.54. The summed E-state index contributed by atoms with van der Waals surface area (Å²) in [7, 11) is 0. The van der Waals surface area contributed by atoms with Crippen molar-refractivity contribution in [2.75, 3.05) is 13.1 Å². The number of nitro groups is 1. The molecule has 0 aromatic heterocycles. The van der Waals surface area contributed by atoms with Gasteiger partial charge in [0, 0.05) is 25.7 Å². The Hall–Kier alpha value is -2.80. The fourth-order valence-corrected chi connectivity index (χ4v) is 3.19. The maximum atomic E-state index is 13.2. The summed E-state index contributed by atoms with van der Waals surface area (Å²) in [5.41, 5.74) is 0.629. The lowest BCUT2D eigenvalue weighted by Crippen LogP contribution is -2.44. The molecule has 7 heteroatoms. The van der Waals surface area contributed by atoms with Crippen molar-refractivity contribution >= 4 is 11.6 Å². The zero-order valence-corrected chi connectivity index (χ0v) is 14.2. The van der Waals surface area contributed by atoms with Crippen LogP contribution in [0.15, 0.2) is 48.5 Å². The predicted octanol–water partition coefficient (Wildman–Crippen LogP) is 3.13. The van der Waals surface area contributed by atoms with Gasteiger partial charge in [-0.25, -0.2) is 4.39 Å². The maximum absolute atomic E-state index is 13.2. The number of halogens is 1. The molecule has 6 nitrogen and oxygen atoms in total. The van der Waals surface area contributed by atoms with Gasteiger partial charge in [-0.05, 0) is 30.5 Å². The van der Waals surface area contributed by atoms with Crippen molar-refractivity contribution in [3.05, 3.63) is 75.6 Å². The molecule has 0 atom stereocenters. The molecule has 1 heterocycles. The zero-order valence-electron chi connectivity index (χ0n) is 14.2. The van der Waals surface area contributed by atoms with Gasteiger partial charge in [-0.3, -0.25) is 19.8 Å². The van der Waals surface area contributed by atoms with Gasteiger partial charge in [0.05, 0.1) is 11.0 Å². The van der Waals surface area contributed by atoms with E-state index < -0.39 is 22.3 Å². The second-order valence-electron chi connectivity index (χ2n) is 6.43. The smallest absolute Gasteiger partial charge is 0.285 e. The van der Waals surface area contributed by atoms with Crippen LogP contribution in [0.1, 0.15) is 28.8 Å². The van der Waals surface area contributed by atoms with Gasteiger partial charge in [0.1, 0.15) is 11.4 Å². The number of amides is 1. The van der Waals surface area contributed by atoms with Crippen LogP contribution in [0, 0.1) is 15.9 Å². The molecule has 1 N–H and O–H groups in total. The number of carbonyl (C=O) groups is 1. The Morgan fingerprint density at radius 1 is 1.19 bits per heavy atom. The van der Waals surface area contributed by atoms with Crippen molar-refractivity contribution in [1.82, 2.24) is 10.2 Å². The van der Waals surface area contributed by atoms with Gasteiger partial charge in [0.15, 0.2) is 0 Å². The van der Waals surface area contributed by atoms with Crippen LogP contribution in [0.3, 0.4) is 0 Å². The van der Waals surface area contributed by atoms with Crippen LogP contribution in [0.5, 0.6) is 0 Å². The standard InChI is InChI=1S/C19H20FN3O3/c20-15-6-7-17(18(12-15)23(25)26)19(24)21-16-8-10-22(11-9-16)13-14-4-2-1-3-5-14/h1-7,12,16H,8-11,13H2,(H,21,24). The molecule has 0 radical (unpaired) electrons. The van der Waals surface area contributed by atoms with Crippen molar-refractivity contribution in [3.63, 3.8) is 0 Å². The summed E-state index contributed by atoms with van der Waals surface area (Å²) in [5, 5.41) is 13.9. The molecule has 1 saturated heterocycles. The van der Waals surface area contributed by atoms with Gasteiger partial charge in [0.25, 0.3) is 11.6 Å². The summed E-state index contributed by atoms with van der Waals surface area (Å²) in [6.07, 6.45) is 1.54. The molecule has 1 aliphatic rings. The summed E-state index contributed by atoms with van der Waals surface area (Å²) in [5.74, 6) is -1.26. The second-order valence-corrected chi connectivity index (χ2v) is 6.43. The Morgan fingerprint density at radius 3 is 2.54 bits per heavy atom. The minimum Gasteiger partial charge on any atom is -0.349 e. The average molecular weight is 357 g/mol. The highest BCUT2D eigenvalue weighted by Gasteiger charge is 2.25. The molecule has 1 fully saturated rings. The van der Waals surface area contributed by atoms with Crippen molar-refractivity contribution < 1.29 is 14.1 Å². The first-order valence-electron chi connectivity index (χ1n) is 8.54. The molecule has 0 saturated carbocycles. The Bertz CT molecular complexity index is 790. The minimum atomic E-state index is -0.736. The van der Waals surface area contributed by atoms with E-state index in [-0.39, 0.29) is 11.6 Å². The first-order chi connectivity index (χ1) is 12.5. The number of nitro benzene ring substituents is 1. The molecule has 0 bridgehead atoms. The van der Waals surface area contributed by atoms with E-state index in [0.29, 0.717) is 0 Å². The molecule has 2 aromatic rings. The molecular formula is C19H20FN3O3. The van der Waals surface area contributed by atoms with Crippen LogP contribution in [0.25, 0.3) is 0 Å². The van der Waals surface area contributed by atoms with Crippen molar-refractivity contribution in [3.8, 4) is 0 Å². The molecule has 0 spiro atoms. The predicted molar refractivity (Wildman–Crippen MR) is 95.3 cm³/mol. The van der Waals surface area contributed by atoms with Gasteiger partial charge < -0.3 is 5.32 Å². The zero-order chi connectivity index (χ0) is 18.5. The van der Waals surface area contributed by atoms with Gasteiger partial charge in [-0.1, -0.05) is 30.3 Å². The molecule has 136 valence electrons. The van der Waals surface area contributed by atoms with Crippen LogP contribution < -0.4 is 5.32 Å². The fourth-order valence-electron chi connectivity index (χ4n) is 3.19. The fraction of sp³-hybridized carbons (Fsp3) is 0.316. The number of carbonyl (C=O) groups excluding carboxylic acids is 1. The van der Waals surface area contributed by atoms with Crippen molar-refractivity contribution in [2.24, 2.45) is 0 Å².